The SMILES string of the molecule is NNC(c1ccc2c(c1)OCCCO2)C1C2CCCC21. The Balaban J connectivity index is 1.59. The van der Waals surface area contributed by atoms with Crippen LogP contribution in [0, 0.1) is 17.8 Å². The van der Waals surface area contributed by atoms with Crippen LogP contribution < -0.4 is 20.7 Å². The summed E-state index contributed by atoms with van der Waals surface area (Å²) in [5, 5.41) is 0. The number of nitrogens with one attached hydrogen (secondary N) is 1. The topological polar surface area (TPSA) is 56.5 Å². The van der Waals surface area contributed by atoms with Gasteiger partial charge in [-0.05, 0) is 48.3 Å². The van der Waals surface area contributed by atoms with Crippen LogP contribution in [0.5, 0.6) is 11.5 Å². The van der Waals surface area contributed by atoms with Gasteiger partial charge >= 0.3 is 0 Å². The lowest BCUT2D eigenvalue weighted by Crippen LogP contribution is -2.30. The highest BCUT2D eigenvalue weighted by Gasteiger charge is 2.55. The second kappa shape index (κ2) is 4.93. The first-order valence-electron chi connectivity index (χ1n) is 7.74. The molecule has 2 saturated carbocycles. The maximum Gasteiger partial charge on any atom is 0.161 e. The lowest BCUT2D eigenvalue weighted by Gasteiger charge is -2.19. The molecule has 4 rings (SSSR count). The molecule has 2 fully saturated rings. The molecule has 4 nitrogen and oxygen atoms in total. The molecule has 0 bridgehead atoms. The summed E-state index contributed by atoms with van der Waals surface area (Å²) in [5.41, 5.74) is 4.27. The van der Waals surface area contributed by atoms with Crippen LogP contribution in [-0.2, 0) is 0 Å². The fourth-order valence-corrected chi connectivity index (χ4v) is 4.17. The number of ether oxygens (including phenoxy) is 2. The molecule has 0 saturated heterocycles. The predicted octanol–water partition coefficient (Wildman–Crippen LogP) is 2.40. The maximum atomic E-state index is 5.83. The van der Waals surface area contributed by atoms with Crippen molar-refractivity contribution in [3.63, 3.8) is 0 Å². The lowest BCUT2D eigenvalue weighted by atomic mass is 9.97. The van der Waals surface area contributed by atoms with Crippen LogP contribution in [0.4, 0.5) is 0 Å². The van der Waals surface area contributed by atoms with E-state index in [1.807, 2.05) is 6.07 Å². The van der Waals surface area contributed by atoms with Gasteiger partial charge in [0.25, 0.3) is 0 Å². The largest absolute Gasteiger partial charge is 0.490 e. The van der Waals surface area contributed by atoms with E-state index in [1.54, 1.807) is 0 Å². The molecule has 3 aliphatic rings. The van der Waals surface area contributed by atoms with Gasteiger partial charge in [-0.25, -0.2) is 0 Å². The zero-order valence-electron chi connectivity index (χ0n) is 11.7. The number of hydrazine groups is 1. The summed E-state index contributed by atoms with van der Waals surface area (Å²) >= 11 is 0. The molecule has 20 heavy (non-hydrogen) atoms. The summed E-state index contributed by atoms with van der Waals surface area (Å²) in [7, 11) is 0. The molecule has 0 radical (unpaired) electrons. The van der Waals surface area contributed by atoms with Gasteiger partial charge in [0, 0.05) is 12.5 Å². The summed E-state index contributed by atoms with van der Waals surface area (Å²) in [5.74, 6) is 10.0. The summed E-state index contributed by atoms with van der Waals surface area (Å²) in [6, 6.07) is 6.52. The van der Waals surface area contributed by atoms with E-state index in [0.29, 0.717) is 5.92 Å². The van der Waals surface area contributed by atoms with Crippen LogP contribution in [0.1, 0.15) is 37.3 Å². The first-order chi connectivity index (χ1) is 9.88. The first-order valence-corrected chi connectivity index (χ1v) is 7.74. The molecule has 1 aromatic carbocycles. The Morgan fingerprint density at radius 2 is 1.80 bits per heavy atom. The van der Waals surface area contributed by atoms with Crippen molar-refractivity contribution in [1.82, 2.24) is 5.43 Å². The first kappa shape index (κ1) is 12.5. The van der Waals surface area contributed by atoms with Crippen molar-refractivity contribution < 1.29 is 9.47 Å². The highest BCUT2D eigenvalue weighted by atomic mass is 16.5. The standard InChI is InChI=1S/C16H22N2O2/c17-18-16(15-11-3-1-4-12(11)15)10-5-6-13-14(9-10)20-8-2-7-19-13/h5-6,9,11-12,15-16,18H,1-4,7-8,17H2. The highest BCUT2D eigenvalue weighted by Crippen LogP contribution is 2.62. The van der Waals surface area contributed by atoms with E-state index < -0.39 is 0 Å². The van der Waals surface area contributed by atoms with Crippen LogP contribution >= 0.6 is 0 Å². The number of nitrogens with two attached hydrogens (primary N) is 1. The Hall–Kier alpha value is -1.26. The Morgan fingerprint density at radius 3 is 2.55 bits per heavy atom. The van der Waals surface area contributed by atoms with Crippen molar-refractivity contribution in [1.29, 1.82) is 0 Å². The second-order valence-electron chi connectivity index (χ2n) is 6.24. The third kappa shape index (κ3) is 1.98. The van der Waals surface area contributed by atoms with Crippen molar-refractivity contribution in [2.45, 2.75) is 31.7 Å². The molecule has 108 valence electrons. The zero-order chi connectivity index (χ0) is 13.5. The van der Waals surface area contributed by atoms with Gasteiger partial charge < -0.3 is 9.47 Å². The molecular weight excluding hydrogens is 252 g/mol. The molecule has 1 aliphatic heterocycles. The van der Waals surface area contributed by atoms with Crippen LogP contribution in [0.3, 0.4) is 0 Å². The second-order valence-corrected chi connectivity index (χ2v) is 6.24. The number of fused-ring (bicyclic) bond motifs is 2. The molecule has 0 spiro atoms. The Bertz CT molecular complexity index is 495. The van der Waals surface area contributed by atoms with E-state index in [0.717, 1.165) is 43.0 Å². The van der Waals surface area contributed by atoms with Crippen LogP contribution in [0.25, 0.3) is 0 Å². The van der Waals surface area contributed by atoms with E-state index in [2.05, 4.69) is 17.6 Å². The smallest absolute Gasteiger partial charge is 0.161 e. The summed E-state index contributed by atoms with van der Waals surface area (Å²) in [6.07, 6.45) is 5.08. The van der Waals surface area contributed by atoms with Crippen molar-refractivity contribution in [2.24, 2.45) is 23.6 Å². The van der Waals surface area contributed by atoms with Gasteiger partial charge in [-0.15, -0.1) is 0 Å². The van der Waals surface area contributed by atoms with E-state index in [1.165, 1.54) is 24.8 Å². The quantitative estimate of drug-likeness (QED) is 0.656. The normalized spacial score (nSPS) is 32.4. The van der Waals surface area contributed by atoms with E-state index in [9.17, 15) is 0 Å². The number of rotatable bonds is 3. The average molecular weight is 274 g/mol. The summed E-state index contributed by atoms with van der Waals surface area (Å²) in [6.45, 7) is 1.46. The number of benzene rings is 1. The minimum Gasteiger partial charge on any atom is -0.490 e. The Labute approximate surface area is 119 Å². The molecule has 3 unspecified atom stereocenters. The average Bonchev–Trinajstić information content (AvgIpc) is 3.02. The molecule has 3 N–H and O–H groups in total. The predicted molar refractivity (Wildman–Crippen MR) is 76.4 cm³/mol. The van der Waals surface area contributed by atoms with Crippen LogP contribution in [0.2, 0.25) is 0 Å². The molecule has 0 amide bonds. The molecule has 2 aliphatic carbocycles. The van der Waals surface area contributed by atoms with Crippen molar-refractivity contribution in [2.75, 3.05) is 13.2 Å². The van der Waals surface area contributed by atoms with Gasteiger partial charge in [0.15, 0.2) is 11.5 Å². The minimum absolute atomic E-state index is 0.252. The molecule has 4 heteroatoms. The molecule has 1 aromatic rings. The molecule has 1 heterocycles. The minimum atomic E-state index is 0.252. The Morgan fingerprint density at radius 1 is 1.05 bits per heavy atom. The summed E-state index contributed by atoms with van der Waals surface area (Å²) in [4.78, 5) is 0. The van der Waals surface area contributed by atoms with E-state index in [4.69, 9.17) is 15.3 Å². The molecular formula is C16H22N2O2. The van der Waals surface area contributed by atoms with Gasteiger partial charge in [0.2, 0.25) is 0 Å². The number of hydrogen-bond donors (Lipinski definition) is 2. The zero-order valence-corrected chi connectivity index (χ0v) is 11.7. The van der Waals surface area contributed by atoms with Crippen LogP contribution in [0.15, 0.2) is 18.2 Å². The van der Waals surface area contributed by atoms with Gasteiger partial charge in [-0.3, -0.25) is 11.3 Å². The summed E-state index contributed by atoms with van der Waals surface area (Å²) < 4.78 is 11.5. The number of hydrogen-bond acceptors (Lipinski definition) is 4. The maximum absolute atomic E-state index is 5.83. The van der Waals surface area contributed by atoms with Crippen LogP contribution in [-0.4, -0.2) is 13.2 Å². The van der Waals surface area contributed by atoms with Gasteiger partial charge in [-0.2, -0.15) is 0 Å². The fraction of sp³-hybridized carbons (Fsp3) is 0.625. The monoisotopic (exact) mass is 274 g/mol. The Kier molecular flexibility index (Phi) is 3.08. The van der Waals surface area contributed by atoms with Crippen molar-refractivity contribution >= 4 is 0 Å². The molecule has 0 aromatic heterocycles. The van der Waals surface area contributed by atoms with Gasteiger partial charge in [0.05, 0.1) is 13.2 Å². The van der Waals surface area contributed by atoms with Crippen molar-refractivity contribution in [3.05, 3.63) is 23.8 Å². The highest BCUT2D eigenvalue weighted by molar-refractivity contribution is 5.44. The lowest BCUT2D eigenvalue weighted by molar-refractivity contribution is 0.296. The fourth-order valence-electron chi connectivity index (χ4n) is 4.17. The van der Waals surface area contributed by atoms with Gasteiger partial charge in [0.1, 0.15) is 0 Å². The molecule has 3 atom stereocenters. The van der Waals surface area contributed by atoms with E-state index in [-0.39, 0.29) is 6.04 Å². The van der Waals surface area contributed by atoms with E-state index >= 15 is 0 Å². The third-order valence-electron chi connectivity index (χ3n) is 5.17. The van der Waals surface area contributed by atoms with Crippen molar-refractivity contribution in [3.8, 4) is 11.5 Å². The third-order valence-corrected chi connectivity index (χ3v) is 5.17. The van der Waals surface area contributed by atoms with Gasteiger partial charge in [-0.1, -0.05) is 12.5 Å².